The summed E-state index contributed by atoms with van der Waals surface area (Å²) in [6.07, 6.45) is 5.56. The van der Waals surface area contributed by atoms with Crippen LogP contribution >= 0.6 is 0 Å². The van der Waals surface area contributed by atoms with Gasteiger partial charge in [0.15, 0.2) is 6.19 Å². The van der Waals surface area contributed by atoms with Crippen LogP contribution in [0.2, 0.25) is 0 Å². The number of rotatable bonds is 10. The summed E-state index contributed by atoms with van der Waals surface area (Å²) in [6.45, 7) is 4.41. The minimum Gasteiger partial charge on any atom is -0.450 e. The summed E-state index contributed by atoms with van der Waals surface area (Å²) in [4.78, 5) is 25.5. The quantitative estimate of drug-likeness (QED) is 0.401. The summed E-state index contributed by atoms with van der Waals surface area (Å²) in [6, 6.07) is 8.54. The second-order valence-electron chi connectivity index (χ2n) is 5.77. The lowest BCUT2D eigenvalue weighted by Gasteiger charge is -2.21. The van der Waals surface area contributed by atoms with E-state index >= 15 is 0 Å². The van der Waals surface area contributed by atoms with Crippen LogP contribution in [0.3, 0.4) is 0 Å². The zero-order valence-corrected chi connectivity index (χ0v) is 15.0. The molecular weight excluding hydrogens is 318 g/mol. The molecule has 1 N–H and O–H groups in total. The van der Waals surface area contributed by atoms with Crippen LogP contribution in [-0.4, -0.2) is 36.1 Å². The Kier molecular flexibility index (Phi) is 9.76. The Bertz CT molecular complexity index is 569. The van der Waals surface area contributed by atoms with E-state index in [2.05, 4.69) is 12.2 Å². The molecule has 0 saturated heterocycles. The first-order valence-corrected chi connectivity index (χ1v) is 8.80. The standard InChI is InChI=1S/C19H27N3O3/c1-3-5-6-10-13-25-19(24)21-17(18(23)22(4-2)15-20)14-16-11-8-7-9-12-16/h7-9,11-12,17H,3-6,10,13-14H2,1-2H3,(H,21,24). The second-order valence-corrected chi connectivity index (χ2v) is 5.77. The maximum Gasteiger partial charge on any atom is 0.407 e. The summed E-state index contributed by atoms with van der Waals surface area (Å²) in [5, 5.41) is 11.7. The number of nitriles is 1. The Hall–Kier alpha value is -2.55. The number of alkyl carbamates (subject to hydrolysis) is 1. The molecule has 1 rings (SSSR count). The van der Waals surface area contributed by atoms with Crippen molar-refractivity contribution in [2.75, 3.05) is 13.2 Å². The molecule has 0 saturated carbocycles. The molecule has 25 heavy (non-hydrogen) atoms. The molecule has 0 fully saturated rings. The Balaban J connectivity index is 2.66. The highest BCUT2D eigenvalue weighted by Gasteiger charge is 2.26. The first-order chi connectivity index (χ1) is 12.1. The predicted octanol–water partition coefficient (Wildman–Crippen LogP) is 3.23. The highest BCUT2D eigenvalue weighted by molar-refractivity contribution is 5.87. The average molecular weight is 345 g/mol. The van der Waals surface area contributed by atoms with Gasteiger partial charge in [0.05, 0.1) is 6.61 Å². The van der Waals surface area contributed by atoms with Crippen molar-refractivity contribution in [1.29, 1.82) is 5.26 Å². The van der Waals surface area contributed by atoms with Crippen molar-refractivity contribution >= 4 is 12.0 Å². The molecule has 0 heterocycles. The van der Waals surface area contributed by atoms with Gasteiger partial charge in [-0.1, -0.05) is 56.5 Å². The first kappa shape index (κ1) is 20.5. The monoisotopic (exact) mass is 345 g/mol. The van der Waals surface area contributed by atoms with Crippen LogP contribution < -0.4 is 5.32 Å². The molecule has 0 bridgehead atoms. The molecule has 6 heteroatoms. The smallest absolute Gasteiger partial charge is 0.407 e. The van der Waals surface area contributed by atoms with Crippen molar-refractivity contribution < 1.29 is 14.3 Å². The zero-order chi connectivity index (χ0) is 18.5. The number of carbonyl (C=O) groups excluding carboxylic acids is 2. The van der Waals surface area contributed by atoms with Gasteiger partial charge >= 0.3 is 6.09 Å². The van der Waals surface area contributed by atoms with Crippen LogP contribution in [0, 0.1) is 11.5 Å². The van der Waals surface area contributed by atoms with Crippen LogP contribution in [0.1, 0.15) is 45.1 Å². The van der Waals surface area contributed by atoms with Crippen molar-refractivity contribution in [1.82, 2.24) is 10.2 Å². The van der Waals surface area contributed by atoms with E-state index in [9.17, 15) is 9.59 Å². The van der Waals surface area contributed by atoms with E-state index in [-0.39, 0.29) is 6.54 Å². The van der Waals surface area contributed by atoms with E-state index in [0.717, 1.165) is 36.1 Å². The molecule has 0 aromatic heterocycles. The van der Waals surface area contributed by atoms with Crippen LogP contribution in [0.5, 0.6) is 0 Å². The van der Waals surface area contributed by atoms with Gasteiger partial charge in [0.2, 0.25) is 0 Å². The van der Waals surface area contributed by atoms with Crippen molar-refractivity contribution in [3.8, 4) is 6.19 Å². The van der Waals surface area contributed by atoms with Crippen LogP contribution in [0.15, 0.2) is 30.3 Å². The highest BCUT2D eigenvalue weighted by Crippen LogP contribution is 2.07. The number of likely N-dealkylation sites (N-methyl/N-ethyl adjacent to an activating group) is 1. The fourth-order valence-electron chi connectivity index (χ4n) is 2.39. The zero-order valence-electron chi connectivity index (χ0n) is 15.0. The lowest BCUT2D eigenvalue weighted by molar-refractivity contribution is -0.130. The molecular formula is C19H27N3O3. The van der Waals surface area contributed by atoms with E-state index < -0.39 is 18.0 Å². The number of unbranched alkanes of at least 4 members (excludes halogenated alkanes) is 3. The second kappa shape index (κ2) is 11.9. The van der Waals surface area contributed by atoms with Crippen molar-refractivity contribution in [2.24, 2.45) is 0 Å². The molecule has 1 aromatic rings. The molecule has 136 valence electrons. The third kappa shape index (κ3) is 7.71. The van der Waals surface area contributed by atoms with Crippen molar-refractivity contribution in [3.05, 3.63) is 35.9 Å². The molecule has 0 aliphatic rings. The van der Waals surface area contributed by atoms with Gasteiger partial charge in [-0.3, -0.25) is 4.79 Å². The maximum absolute atomic E-state index is 12.5. The highest BCUT2D eigenvalue weighted by atomic mass is 16.5. The average Bonchev–Trinajstić information content (AvgIpc) is 2.62. The number of nitrogens with zero attached hydrogens (tertiary/aromatic N) is 2. The van der Waals surface area contributed by atoms with Gasteiger partial charge in [0, 0.05) is 13.0 Å². The molecule has 0 aliphatic heterocycles. The number of hydrogen-bond acceptors (Lipinski definition) is 4. The molecule has 1 aromatic carbocycles. The molecule has 2 amide bonds. The summed E-state index contributed by atoms with van der Waals surface area (Å²) >= 11 is 0. The van der Waals surface area contributed by atoms with E-state index in [4.69, 9.17) is 10.00 Å². The van der Waals surface area contributed by atoms with Gasteiger partial charge in [0.1, 0.15) is 6.04 Å². The number of amides is 2. The van der Waals surface area contributed by atoms with E-state index in [0.29, 0.717) is 13.0 Å². The lowest BCUT2D eigenvalue weighted by Crippen LogP contribution is -2.48. The van der Waals surface area contributed by atoms with E-state index in [1.165, 1.54) is 0 Å². The molecule has 1 unspecified atom stereocenters. The minimum absolute atomic E-state index is 0.258. The summed E-state index contributed by atoms with van der Waals surface area (Å²) in [5.74, 6) is -0.434. The Morgan fingerprint density at radius 1 is 1.20 bits per heavy atom. The maximum atomic E-state index is 12.5. The lowest BCUT2D eigenvalue weighted by atomic mass is 10.1. The van der Waals surface area contributed by atoms with Gasteiger partial charge in [-0.25, -0.2) is 9.69 Å². The van der Waals surface area contributed by atoms with Crippen LogP contribution in [0.25, 0.3) is 0 Å². The van der Waals surface area contributed by atoms with Crippen LogP contribution in [-0.2, 0) is 16.0 Å². The number of benzene rings is 1. The SMILES string of the molecule is CCCCCCOC(=O)NC(Cc1ccccc1)C(=O)N(C#N)CC. The molecule has 0 spiro atoms. The van der Waals surface area contributed by atoms with Crippen LogP contribution in [0.4, 0.5) is 4.79 Å². The first-order valence-electron chi connectivity index (χ1n) is 8.80. The number of ether oxygens (including phenoxy) is 1. The van der Waals surface area contributed by atoms with Gasteiger partial charge < -0.3 is 10.1 Å². The molecule has 0 aliphatic carbocycles. The normalized spacial score (nSPS) is 11.2. The third-order valence-electron chi connectivity index (χ3n) is 3.81. The minimum atomic E-state index is -0.829. The van der Waals surface area contributed by atoms with Crippen molar-refractivity contribution in [3.63, 3.8) is 0 Å². The van der Waals surface area contributed by atoms with Gasteiger partial charge in [-0.05, 0) is 18.9 Å². The number of hydrogen-bond donors (Lipinski definition) is 1. The topological polar surface area (TPSA) is 82.4 Å². The number of nitrogens with one attached hydrogen (secondary N) is 1. The van der Waals surface area contributed by atoms with E-state index in [1.807, 2.05) is 36.5 Å². The molecule has 1 atom stereocenters. The fraction of sp³-hybridized carbons (Fsp3) is 0.526. The van der Waals surface area contributed by atoms with Gasteiger partial charge in [0.25, 0.3) is 5.91 Å². The Morgan fingerprint density at radius 2 is 1.92 bits per heavy atom. The van der Waals surface area contributed by atoms with E-state index in [1.54, 1.807) is 6.92 Å². The largest absolute Gasteiger partial charge is 0.450 e. The Morgan fingerprint density at radius 3 is 2.52 bits per heavy atom. The third-order valence-corrected chi connectivity index (χ3v) is 3.81. The van der Waals surface area contributed by atoms with Gasteiger partial charge in [-0.2, -0.15) is 5.26 Å². The molecule has 0 radical (unpaired) electrons. The summed E-state index contributed by atoms with van der Waals surface area (Å²) in [7, 11) is 0. The molecule has 6 nitrogen and oxygen atoms in total. The Labute approximate surface area is 149 Å². The van der Waals surface area contributed by atoms with Gasteiger partial charge in [-0.15, -0.1) is 0 Å². The number of carbonyl (C=O) groups is 2. The summed E-state index contributed by atoms with van der Waals surface area (Å²) in [5.41, 5.74) is 0.901. The predicted molar refractivity (Wildman–Crippen MR) is 95.6 cm³/mol. The van der Waals surface area contributed by atoms with Crippen molar-refractivity contribution in [2.45, 2.75) is 52.0 Å². The summed E-state index contributed by atoms with van der Waals surface area (Å²) < 4.78 is 5.15. The fourth-order valence-corrected chi connectivity index (χ4v) is 2.39.